The van der Waals surface area contributed by atoms with Crippen LogP contribution < -0.4 is 11.1 Å². The highest BCUT2D eigenvalue weighted by molar-refractivity contribution is 5.65. The summed E-state index contributed by atoms with van der Waals surface area (Å²) in [7, 11) is 0. The zero-order valence-electron chi connectivity index (χ0n) is 8.79. The van der Waals surface area contributed by atoms with Crippen molar-refractivity contribution in [2.45, 2.75) is 20.0 Å². The predicted octanol–water partition coefficient (Wildman–Crippen LogP) is 2.11. The third-order valence-corrected chi connectivity index (χ3v) is 1.99. The Kier molecular flexibility index (Phi) is 4.26. The lowest BCUT2D eigenvalue weighted by atomic mass is 10.2. The molecule has 0 heterocycles. The summed E-state index contributed by atoms with van der Waals surface area (Å²) >= 11 is 0. The molecule has 1 aromatic carbocycles. The van der Waals surface area contributed by atoms with Crippen molar-refractivity contribution in [3.05, 3.63) is 24.3 Å². The van der Waals surface area contributed by atoms with E-state index in [1.54, 1.807) is 0 Å². The Hall–Kier alpha value is -1.22. The van der Waals surface area contributed by atoms with E-state index < -0.39 is 0 Å². The van der Waals surface area contributed by atoms with Crippen molar-refractivity contribution in [2.24, 2.45) is 0 Å². The summed E-state index contributed by atoms with van der Waals surface area (Å²) in [5.41, 5.74) is 7.52. The maximum atomic E-state index is 5.78. The van der Waals surface area contributed by atoms with Crippen LogP contribution in [-0.2, 0) is 4.74 Å². The van der Waals surface area contributed by atoms with Crippen LogP contribution in [0.4, 0.5) is 11.4 Å². The van der Waals surface area contributed by atoms with Gasteiger partial charge in [-0.2, -0.15) is 0 Å². The number of hydrogen-bond acceptors (Lipinski definition) is 3. The minimum absolute atomic E-state index is 0.208. The van der Waals surface area contributed by atoms with Crippen molar-refractivity contribution < 1.29 is 4.74 Å². The molecular weight excluding hydrogens is 176 g/mol. The van der Waals surface area contributed by atoms with Gasteiger partial charge in [0, 0.05) is 13.2 Å². The fourth-order valence-electron chi connectivity index (χ4n) is 1.26. The molecule has 0 saturated heterocycles. The van der Waals surface area contributed by atoms with Crippen molar-refractivity contribution in [1.82, 2.24) is 0 Å². The number of benzene rings is 1. The van der Waals surface area contributed by atoms with E-state index >= 15 is 0 Å². The fourth-order valence-corrected chi connectivity index (χ4v) is 1.26. The van der Waals surface area contributed by atoms with Crippen LogP contribution in [0.3, 0.4) is 0 Å². The summed E-state index contributed by atoms with van der Waals surface area (Å²) in [5, 5.41) is 3.25. The molecule has 0 aliphatic carbocycles. The van der Waals surface area contributed by atoms with Gasteiger partial charge < -0.3 is 15.8 Å². The van der Waals surface area contributed by atoms with E-state index in [9.17, 15) is 0 Å². The van der Waals surface area contributed by atoms with Gasteiger partial charge in [0.1, 0.15) is 0 Å². The lowest BCUT2D eigenvalue weighted by Crippen LogP contribution is -2.20. The van der Waals surface area contributed by atoms with Gasteiger partial charge in [-0.3, -0.25) is 0 Å². The number of nitrogens with one attached hydrogen (secondary N) is 1. The molecule has 0 radical (unpaired) electrons. The van der Waals surface area contributed by atoms with Crippen LogP contribution in [0, 0.1) is 0 Å². The van der Waals surface area contributed by atoms with Crippen molar-refractivity contribution in [2.75, 3.05) is 24.2 Å². The Morgan fingerprint density at radius 2 is 2.14 bits per heavy atom. The topological polar surface area (TPSA) is 47.3 Å². The predicted molar refractivity (Wildman–Crippen MR) is 60.4 cm³/mol. The average molecular weight is 194 g/mol. The summed E-state index contributed by atoms with van der Waals surface area (Å²) in [6.07, 6.45) is 0.208. The number of hydrogen-bond donors (Lipinski definition) is 2. The molecule has 0 aliphatic heterocycles. The molecule has 0 bridgehead atoms. The Labute approximate surface area is 85.3 Å². The number of para-hydroxylation sites is 2. The standard InChI is InChI=1S/C11H18N2O/c1-3-14-9(2)8-13-11-7-5-4-6-10(11)12/h4-7,9,13H,3,8,12H2,1-2H3. The molecule has 3 N–H and O–H groups in total. The van der Waals surface area contributed by atoms with Gasteiger partial charge in [0.2, 0.25) is 0 Å². The van der Waals surface area contributed by atoms with E-state index in [1.807, 2.05) is 38.1 Å². The van der Waals surface area contributed by atoms with Crippen molar-refractivity contribution >= 4 is 11.4 Å². The average Bonchev–Trinajstić information content (AvgIpc) is 2.17. The van der Waals surface area contributed by atoms with Crippen LogP contribution in [0.2, 0.25) is 0 Å². The first-order valence-electron chi connectivity index (χ1n) is 4.94. The van der Waals surface area contributed by atoms with Gasteiger partial charge in [-0.1, -0.05) is 12.1 Å². The Balaban J connectivity index is 2.41. The fraction of sp³-hybridized carbons (Fsp3) is 0.455. The molecule has 3 heteroatoms. The van der Waals surface area contributed by atoms with Crippen molar-refractivity contribution in [1.29, 1.82) is 0 Å². The van der Waals surface area contributed by atoms with Crippen LogP contribution in [0.25, 0.3) is 0 Å². The number of rotatable bonds is 5. The zero-order chi connectivity index (χ0) is 10.4. The van der Waals surface area contributed by atoms with E-state index in [-0.39, 0.29) is 6.10 Å². The van der Waals surface area contributed by atoms with Gasteiger partial charge in [-0.15, -0.1) is 0 Å². The monoisotopic (exact) mass is 194 g/mol. The zero-order valence-corrected chi connectivity index (χ0v) is 8.79. The Bertz CT molecular complexity index is 276. The summed E-state index contributed by atoms with van der Waals surface area (Å²) < 4.78 is 5.40. The van der Waals surface area contributed by atoms with E-state index in [1.165, 1.54) is 0 Å². The van der Waals surface area contributed by atoms with E-state index in [0.717, 1.165) is 24.5 Å². The van der Waals surface area contributed by atoms with Crippen LogP contribution in [0.1, 0.15) is 13.8 Å². The lowest BCUT2D eigenvalue weighted by molar-refractivity contribution is 0.0855. The van der Waals surface area contributed by atoms with Gasteiger partial charge >= 0.3 is 0 Å². The number of anilines is 2. The third kappa shape index (κ3) is 3.26. The number of nitrogens with two attached hydrogens (primary N) is 1. The highest BCUT2D eigenvalue weighted by Gasteiger charge is 2.01. The molecule has 1 unspecified atom stereocenters. The SMILES string of the molecule is CCOC(C)CNc1ccccc1N. The van der Waals surface area contributed by atoms with Gasteiger partial charge in [0.25, 0.3) is 0 Å². The minimum atomic E-state index is 0.208. The summed E-state index contributed by atoms with van der Waals surface area (Å²) in [5.74, 6) is 0. The van der Waals surface area contributed by atoms with Gasteiger partial charge in [-0.25, -0.2) is 0 Å². The largest absolute Gasteiger partial charge is 0.397 e. The first kappa shape index (κ1) is 10.9. The molecule has 0 fully saturated rings. The molecule has 1 aromatic rings. The van der Waals surface area contributed by atoms with Crippen molar-refractivity contribution in [3.8, 4) is 0 Å². The first-order chi connectivity index (χ1) is 6.74. The Morgan fingerprint density at radius 3 is 2.79 bits per heavy atom. The second-order valence-electron chi connectivity index (χ2n) is 3.23. The van der Waals surface area contributed by atoms with Gasteiger partial charge in [-0.05, 0) is 26.0 Å². The molecule has 0 aromatic heterocycles. The first-order valence-corrected chi connectivity index (χ1v) is 4.94. The highest BCUT2D eigenvalue weighted by atomic mass is 16.5. The molecule has 0 aliphatic rings. The molecule has 14 heavy (non-hydrogen) atoms. The number of nitrogen functional groups attached to an aromatic ring is 1. The molecule has 3 nitrogen and oxygen atoms in total. The van der Waals surface area contributed by atoms with Crippen LogP contribution in [0.15, 0.2) is 24.3 Å². The summed E-state index contributed by atoms with van der Waals surface area (Å²) in [4.78, 5) is 0. The van der Waals surface area contributed by atoms with Gasteiger partial charge in [0.05, 0.1) is 17.5 Å². The summed E-state index contributed by atoms with van der Waals surface area (Å²) in [6, 6.07) is 7.73. The van der Waals surface area contributed by atoms with E-state index in [2.05, 4.69) is 5.32 Å². The molecular formula is C11H18N2O. The molecule has 0 amide bonds. The third-order valence-electron chi connectivity index (χ3n) is 1.99. The second kappa shape index (κ2) is 5.50. The lowest BCUT2D eigenvalue weighted by Gasteiger charge is -2.14. The van der Waals surface area contributed by atoms with E-state index in [4.69, 9.17) is 10.5 Å². The highest BCUT2D eigenvalue weighted by Crippen LogP contribution is 2.16. The van der Waals surface area contributed by atoms with Crippen LogP contribution >= 0.6 is 0 Å². The number of ether oxygens (including phenoxy) is 1. The normalized spacial score (nSPS) is 12.4. The smallest absolute Gasteiger partial charge is 0.0719 e. The second-order valence-corrected chi connectivity index (χ2v) is 3.23. The molecule has 1 atom stereocenters. The molecule has 0 saturated carbocycles. The molecule has 0 spiro atoms. The van der Waals surface area contributed by atoms with Gasteiger partial charge in [0.15, 0.2) is 0 Å². The van der Waals surface area contributed by atoms with Crippen LogP contribution in [-0.4, -0.2) is 19.3 Å². The van der Waals surface area contributed by atoms with E-state index in [0.29, 0.717) is 0 Å². The van der Waals surface area contributed by atoms with Crippen molar-refractivity contribution in [3.63, 3.8) is 0 Å². The maximum Gasteiger partial charge on any atom is 0.0719 e. The summed E-state index contributed by atoms with van der Waals surface area (Å²) in [6.45, 7) is 5.55. The minimum Gasteiger partial charge on any atom is -0.397 e. The quantitative estimate of drug-likeness (QED) is 0.706. The molecule has 78 valence electrons. The van der Waals surface area contributed by atoms with Crippen LogP contribution in [0.5, 0.6) is 0 Å². The Morgan fingerprint density at radius 1 is 1.43 bits per heavy atom. The molecule has 1 rings (SSSR count). The maximum absolute atomic E-state index is 5.78.